The van der Waals surface area contributed by atoms with Crippen LogP contribution in [0.1, 0.15) is 34.1 Å². The Kier molecular flexibility index (Phi) is 8.97. The van der Waals surface area contributed by atoms with Crippen LogP contribution in [-0.2, 0) is 14.3 Å². The highest BCUT2D eigenvalue weighted by Crippen LogP contribution is 2.14. The molecule has 0 bridgehead atoms. The third kappa shape index (κ3) is 6.89. The molecule has 0 heterocycles. The third-order valence-electron chi connectivity index (χ3n) is 3.23. The molecule has 0 saturated heterocycles. The molecule has 0 aliphatic carbocycles. The van der Waals surface area contributed by atoms with E-state index in [1.54, 1.807) is 7.11 Å². The summed E-state index contributed by atoms with van der Waals surface area (Å²) in [5.41, 5.74) is -0.636. The van der Waals surface area contributed by atoms with Gasteiger partial charge in [0.15, 0.2) is 0 Å². The van der Waals surface area contributed by atoms with E-state index in [2.05, 4.69) is 17.1 Å². The zero-order valence-electron chi connectivity index (χ0n) is 13.3. The highest BCUT2D eigenvalue weighted by atomic mass is 16.5. The van der Waals surface area contributed by atoms with Gasteiger partial charge in [-0.05, 0) is 33.7 Å². The molecule has 0 spiro atoms. The van der Waals surface area contributed by atoms with Crippen molar-refractivity contribution < 1.29 is 14.3 Å². The molecular weight excluding hydrogens is 244 g/mol. The lowest BCUT2D eigenvalue weighted by Crippen LogP contribution is -2.54. The molecule has 1 N–H and O–H groups in total. The zero-order valence-corrected chi connectivity index (χ0v) is 13.3. The maximum atomic E-state index is 12.0. The number of likely N-dealkylation sites (N-methyl/N-ethyl adjacent to an activating group) is 1. The highest BCUT2D eigenvalue weighted by molar-refractivity contribution is 5.80. The van der Waals surface area contributed by atoms with Crippen LogP contribution in [0, 0.1) is 0 Å². The second-order valence-corrected chi connectivity index (χ2v) is 5.30. The van der Waals surface area contributed by atoms with E-state index in [1.807, 2.05) is 20.8 Å². The van der Waals surface area contributed by atoms with E-state index in [1.165, 1.54) is 7.11 Å². The second kappa shape index (κ2) is 9.28. The van der Waals surface area contributed by atoms with E-state index in [4.69, 9.17) is 9.47 Å². The summed E-state index contributed by atoms with van der Waals surface area (Å²) >= 11 is 0. The number of esters is 1. The van der Waals surface area contributed by atoms with Crippen LogP contribution < -0.4 is 5.32 Å². The molecule has 1 atom stereocenters. The summed E-state index contributed by atoms with van der Waals surface area (Å²) in [6, 6.07) is 0.234. The van der Waals surface area contributed by atoms with Crippen molar-refractivity contribution in [1.82, 2.24) is 10.2 Å². The standard InChI is InChI=1S/C14H30N2O3/c1-7-16(10-11-18-5)9-8-14(4,13(17)19-6)15-12(2)3/h12,15H,7-11H2,1-6H3. The van der Waals surface area contributed by atoms with E-state index in [0.717, 1.165) is 26.1 Å². The largest absolute Gasteiger partial charge is 0.468 e. The molecule has 5 heteroatoms. The molecular formula is C14H30N2O3. The zero-order chi connectivity index (χ0) is 14.9. The number of nitrogens with one attached hydrogen (secondary N) is 1. The van der Waals surface area contributed by atoms with Gasteiger partial charge in [0.05, 0.1) is 13.7 Å². The van der Waals surface area contributed by atoms with Crippen LogP contribution in [-0.4, -0.2) is 62.9 Å². The topological polar surface area (TPSA) is 50.8 Å². The van der Waals surface area contributed by atoms with Crippen molar-refractivity contribution in [2.75, 3.05) is 40.5 Å². The quantitative estimate of drug-likeness (QED) is 0.608. The van der Waals surface area contributed by atoms with Crippen LogP contribution in [0.3, 0.4) is 0 Å². The Morgan fingerprint density at radius 3 is 2.37 bits per heavy atom. The SMILES string of the molecule is CCN(CCOC)CCC(C)(NC(C)C)C(=O)OC. The molecule has 5 nitrogen and oxygen atoms in total. The number of carbonyl (C=O) groups is 1. The lowest BCUT2D eigenvalue weighted by atomic mass is 9.96. The van der Waals surface area contributed by atoms with Gasteiger partial charge in [0.1, 0.15) is 5.54 Å². The first kappa shape index (κ1) is 18.4. The van der Waals surface area contributed by atoms with Gasteiger partial charge >= 0.3 is 5.97 Å². The third-order valence-corrected chi connectivity index (χ3v) is 3.23. The number of rotatable bonds is 10. The number of ether oxygens (including phenoxy) is 2. The first-order valence-electron chi connectivity index (χ1n) is 6.97. The Labute approximate surface area is 117 Å². The van der Waals surface area contributed by atoms with Crippen LogP contribution in [0.4, 0.5) is 0 Å². The van der Waals surface area contributed by atoms with Crippen molar-refractivity contribution >= 4 is 5.97 Å². The minimum atomic E-state index is -0.636. The predicted molar refractivity (Wildman–Crippen MR) is 77.3 cm³/mol. The summed E-state index contributed by atoms with van der Waals surface area (Å²) < 4.78 is 10.0. The molecule has 1 unspecified atom stereocenters. The number of nitrogens with zero attached hydrogens (tertiary/aromatic N) is 1. The minimum absolute atomic E-state index is 0.205. The summed E-state index contributed by atoms with van der Waals surface area (Å²) in [6.45, 7) is 11.5. The summed E-state index contributed by atoms with van der Waals surface area (Å²) in [7, 11) is 3.14. The molecule has 0 aromatic rings. The fourth-order valence-corrected chi connectivity index (χ4v) is 2.13. The maximum absolute atomic E-state index is 12.0. The van der Waals surface area contributed by atoms with Crippen molar-refractivity contribution in [3.63, 3.8) is 0 Å². The van der Waals surface area contributed by atoms with Crippen LogP contribution in [0.15, 0.2) is 0 Å². The van der Waals surface area contributed by atoms with Crippen molar-refractivity contribution in [2.45, 2.75) is 45.7 Å². The van der Waals surface area contributed by atoms with Gasteiger partial charge in [0.25, 0.3) is 0 Å². The number of hydrogen-bond acceptors (Lipinski definition) is 5. The molecule has 0 radical (unpaired) electrons. The molecule has 0 rings (SSSR count). The monoisotopic (exact) mass is 274 g/mol. The lowest BCUT2D eigenvalue weighted by Gasteiger charge is -2.32. The van der Waals surface area contributed by atoms with Gasteiger partial charge in [-0.1, -0.05) is 6.92 Å². The van der Waals surface area contributed by atoms with E-state index < -0.39 is 5.54 Å². The van der Waals surface area contributed by atoms with Gasteiger partial charge in [-0.2, -0.15) is 0 Å². The minimum Gasteiger partial charge on any atom is -0.468 e. The fraction of sp³-hybridized carbons (Fsp3) is 0.929. The van der Waals surface area contributed by atoms with Gasteiger partial charge < -0.3 is 14.4 Å². The molecule has 0 amide bonds. The molecule has 0 aromatic heterocycles. The number of carbonyl (C=O) groups excluding carboxylic acids is 1. The molecule has 19 heavy (non-hydrogen) atoms. The van der Waals surface area contributed by atoms with Crippen molar-refractivity contribution in [1.29, 1.82) is 0 Å². The molecule has 0 aliphatic heterocycles. The lowest BCUT2D eigenvalue weighted by molar-refractivity contribution is -0.148. The van der Waals surface area contributed by atoms with Crippen LogP contribution in [0.5, 0.6) is 0 Å². The molecule has 0 aromatic carbocycles. The van der Waals surface area contributed by atoms with Crippen LogP contribution in [0.2, 0.25) is 0 Å². The molecule has 0 aliphatic rings. The Balaban J connectivity index is 4.51. The summed E-state index contributed by atoms with van der Waals surface area (Å²) in [5.74, 6) is -0.205. The first-order chi connectivity index (χ1) is 8.89. The van der Waals surface area contributed by atoms with Gasteiger partial charge in [-0.25, -0.2) is 0 Å². The van der Waals surface area contributed by atoms with Crippen molar-refractivity contribution in [2.24, 2.45) is 0 Å². The summed E-state index contributed by atoms with van der Waals surface area (Å²) in [6.07, 6.45) is 0.718. The van der Waals surface area contributed by atoms with Crippen LogP contribution >= 0.6 is 0 Å². The average Bonchev–Trinajstić information content (AvgIpc) is 2.37. The molecule has 0 fully saturated rings. The number of methoxy groups -OCH3 is 2. The molecule has 114 valence electrons. The van der Waals surface area contributed by atoms with E-state index >= 15 is 0 Å². The van der Waals surface area contributed by atoms with Crippen LogP contribution in [0.25, 0.3) is 0 Å². The highest BCUT2D eigenvalue weighted by Gasteiger charge is 2.34. The summed E-state index contributed by atoms with van der Waals surface area (Å²) in [5, 5.41) is 3.31. The van der Waals surface area contributed by atoms with Crippen molar-refractivity contribution in [3.05, 3.63) is 0 Å². The normalized spacial score (nSPS) is 14.7. The van der Waals surface area contributed by atoms with E-state index in [-0.39, 0.29) is 12.0 Å². The van der Waals surface area contributed by atoms with Gasteiger partial charge in [-0.3, -0.25) is 10.1 Å². The second-order valence-electron chi connectivity index (χ2n) is 5.30. The average molecular weight is 274 g/mol. The number of hydrogen-bond donors (Lipinski definition) is 1. The van der Waals surface area contributed by atoms with Gasteiger partial charge in [0, 0.05) is 26.2 Å². The Hall–Kier alpha value is -0.650. The molecule has 0 saturated carbocycles. The van der Waals surface area contributed by atoms with Crippen molar-refractivity contribution in [3.8, 4) is 0 Å². The first-order valence-corrected chi connectivity index (χ1v) is 6.97. The Morgan fingerprint density at radius 1 is 1.32 bits per heavy atom. The van der Waals surface area contributed by atoms with E-state index in [0.29, 0.717) is 6.61 Å². The Morgan fingerprint density at radius 2 is 1.95 bits per heavy atom. The predicted octanol–water partition coefficient (Wildman–Crippen LogP) is 1.27. The maximum Gasteiger partial charge on any atom is 0.325 e. The smallest absolute Gasteiger partial charge is 0.325 e. The van der Waals surface area contributed by atoms with Gasteiger partial charge in [0.2, 0.25) is 0 Å². The Bertz CT molecular complexity index is 259. The summed E-state index contributed by atoms with van der Waals surface area (Å²) in [4.78, 5) is 14.2. The fourth-order valence-electron chi connectivity index (χ4n) is 2.13. The van der Waals surface area contributed by atoms with Gasteiger partial charge in [-0.15, -0.1) is 0 Å². The van der Waals surface area contributed by atoms with E-state index in [9.17, 15) is 4.79 Å².